The molecule has 2 rings (SSSR count). The van der Waals surface area contributed by atoms with Crippen LogP contribution in [-0.4, -0.2) is 18.9 Å². The van der Waals surface area contributed by atoms with Gasteiger partial charge in [0.25, 0.3) is 0 Å². The van der Waals surface area contributed by atoms with Crippen LogP contribution in [0, 0.1) is 11.3 Å². The Balaban J connectivity index is 2.40. The molecule has 0 unspecified atom stereocenters. The van der Waals surface area contributed by atoms with Crippen LogP contribution in [0.15, 0.2) is 42.5 Å². The first kappa shape index (κ1) is 16.2. The second-order valence-corrected chi connectivity index (χ2v) is 4.83. The summed E-state index contributed by atoms with van der Waals surface area (Å²) < 4.78 is 10.3. The van der Waals surface area contributed by atoms with Gasteiger partial charge in [-0.1, -0.05) is 30.3 Å². The van der Waals surface area contributed by atoms with Gasteiger partial charge in [0.05, 0.1) is 18.2 Å². The summed E-state index contributed by atoms with van der Waals surface area (Å²) in [6.45, 7) is 1.57. The quantitative estimate of drug-likeness (QED) is 0.626. The van der Waals surface area contributed by atoms with Crippen molar-refractivity contribution in [3.05, 3.63) is 64.7 Å². The summed E-state index contributed by atoms with van der Waals surface area (Å²) >= 11 is 0. The number of ether oxygens (including phenoxy) is 2. The highest BCUT2D eigenvalue weighted by atomic mass is 16.5. The first-order valence-electron chi connectivity index (χ1n) is 6.91. The number of benzene rings is 2. The molecule has 0 fully saturated rings. The maximum atomic E-state index is 11.9. The van der Waals surface area contributed by atoms with Gasteiger partial charge in [0, 0.05) is 5.56 Å². The number of carbonyl (C=O) groups excluding carboxylic acids is 2. The highest BCUT2D eigenvalue weighted by molar-refractivity contribution is 6.06. The van der Waals surface area contributed by atoms with Crippen molar-refractivity contribution in [3.63, 3.8) is 0 Å². The molecule has 5 heteroatoms. The van der Waals surface area contributed by atoms with Crippen LogP contribution in [0.3, 0.4) is 0 Å². The van der Waals surface area contributed by atoms with Gasteiger partial charge in [-0.3, -0.25) is 4.79 Å². The zero-order chi connectivity index (χ0) is 16.8. The topological polar surface area (TPSA) is 76.4 Å². The number of methoxy groups -OCH3 is 1. The van der Waals surface area contributed by atoms with E-state index in [-0.39, 0.29) is 34.8 Å². The molecule has 0 aromatic heterocycles. The number of hydrogen-bond acceptors (Lipinski definition) is 5. The van der Waals surface area contributed by atoms with E-state index in [9.17, 15) is 14.9 Å². The van der Waals surface area contributed by atoms with Crippen LogP contribution in [0.25, 0.3) is 0 Å². The SMILES string of the molecule is COC(=O)c1cc(OCc2ccccc2)c(C#N)cc1C(C)=O. The van der Waals surface area contributed by atoms with Crippen LogP contribution in [-0.2, 0) is 11.3 Å². The molecule has 0 aliphatic rings. The van der Waals surface area contributed by atoms with Gasteiger partial charge in [0.15, 0.2) is 5.78 Å². The van der Waals surface area contributed by atoms with Gasteiger partial charge in [0.2, 0.25) is 0 Å². The number of rotatable bonds is 5. The highest BCUT2D eigenvalue weighted by Gasteiger charge is 2.19. The number of hydrogen-bond donors (Lipinski definition) is 0. The number of nitrogens with zero attached hydrogens (tertiary/aromatic N) is 1. The molecule has 5 nitrogen and oxygen atoms in total. The third-order valence-corrected chi connectivity index (χ3v) is 3.26. The number of carbonyl (C=O) groups is 2. The lowest BCUT2D eigenvalue weighted by Crippen LogP contribution is -2.10. The normalized spacial score (nSPS) is 9.78. The average Bonchev–Trinajstić information content (AvgIpc) is 2.59. The standard InChI is InChI=1S/C18H15NO4/c1-12(20)15-8-14(10-19)17(9-16(15)18(21)22-2)23-11-13-6-4-3-5-7-13/h3-9H,11H2,1-2H3. The zero-order valence-electron chi connectivity index (χ0n) is 12.8. The minimum atomic E-state index is -0.649. The van der Waals surface area contributed by atoms with Crippen LogP contribution in [0.4, 0.5) is 0 Å². The maximum absolute atomic E-state index is 11.9. The van der Waals surface area contributed by atoms with Crippen molar-refractivity contribution >= 4 is 11.8 Å². The summed E-state index contributed by atoms with van der Waals surface area (Å²) in [5, 5.41) is 9.25. The van der Waals surface area contributed by atoms with E-state index < -0.39 is 5.97 Å². The number of Topliss-reactive ketones (excluding diaryl/α,β-unsaturated/α-hetero) is 1. The molecule has 0 saturated heterocycles. The van der Waals surface area contributed by atoms with Crippen molar-refractivity contribution in [1.82, 2.24) is 0 Å². The van der Waals surface area contributed by atoms with E-state index in [4.69, 9.17) is 4.74 Å². The van der Waals surface area contributed by atoms with Crippen LogP contribution >= 0.6 is 0 Å². The Morgan fingerprint density at radius 3 is 2.39 bits per heavy atom. The summed E-state index contributed by atoms with van der Waals surface area (Å²) in [7, 11) is 1.23. The van der Waals surface area contributed by atoms with Crippen molar-refractivity contribution in [2.45, 2.75) is 13.5 Å². The summed E-state index contributed by atoms with van der Waals surface area (Å²) in [5.41, 5.74) is 1.34. The third-order valence-electron chi connectivity index (χ3n) is 3.26. The molecule has 0 aliphatic carbocycles. The van der Waals surface area contributed by atoms with Crippen molar-refractivity contribution in [2.75, 3.05) is 7.11 Å². The number of ketones is 1. The van der Waals surface area contributed by atoms with Gasteiger partial charge in [0.1, 0.15) is 18.4 Å². The Kier molecular flexibility index (Phi) is 5.11. The van der Waals surface area contributed by atoms with Crippen LogP contribution in [0.1, 0.15) is 38.8 Å². The summed E-state index contributed by atoms with van der Waals surface area (Å²) in [5.74, 6) is -0.734. The minimum Gasteiger partial charge on any atom is -0.487 e. The average molecular weight is 309 g/mol. The lowest BCUT2D eigenvalue weighted by Gasteiger charge is -2.12. The predicted octanol–water partition coefficient (Wildman–Crippen LogP) is 3.13. The van der Waals surface area contributed by atoms with E-state index >= 15 is 0 Å². The molecule has 116 valence electrons. The summed E-state index contributed by atoms with van der Waals surface area (Å²) in [6.07, 6.45) is 0. The van der Waals surface area contributed by atoms with Crippen molar-refractivity contribution in [1.29, 1.82) is 5.26 Å². The molecular weight excluding hydrogens is 294 g/mol. The first-order chi connectivity index (χ1) is 11.1. The van der Waals surface area contributed by atoms with Crippen molar-refractivity contribution < 1.29 is 19.1 Å². The van der Waals surface area contributed by atoms with Gasteiger partial charge < -0.3 is 9.47 Å². The van der Waals surface area contributed by atoms with Gasteiger partial charge in [-0.05, 0) is 24.6 Å². The Morgan fingerprint density at radius 2 is 1.83 bits per heavy atom. The Morgan fingerprint density at radius 1 is 1.13 bits per heavy atom. The summed E-state index contributed by atoms with van der Waals surface area (Å²) in [4.78, 5) is 23.5. The molecule has 0 saturated carbocycles. The van der Waals surface area contributed by atoms with E-state index in [1.54, 1.807) is 0 Å². The second-order valence-electron chi connectivity index (χ2n) is 4.83. The van der Waals surface area contributed by atoms with Gasteiger partial charge >= 0.3 is 5.97 Å². The van der Waals surface area contributed by atoms with Gasteiger partial charge in [-0.15, -0.1) is 0 Å². The Bertz CT molecular complexity index is 776. The largest absolute Gasteiger partial charge is 0.487 e. The zero-order valence-corrected chi connectivity index (χ0v) is 12.8. The molecule has 0 spiro atoms. The maximum Gasteiger partial charge on any atom is 0.338 e. The van der Waals surface area contributed by atoms with E-state index in [2.05, 4.69) is 4.74 Å². The van der Waals surface area contributed by atoms with E-state index in [0.717, 1.165) is 5.56 Å². The fourth-order valence-corrected chi connectivity index (χ4v) is 2.09. The molecule has 0 radical (unpaired) electrons. The van der Waals surface area contributed by atoms with E-state index in [0.29, 0.717) is 0 Å². The Hall–Kier alpha value is -3.13. The van der Waals surface area contributed by atoms with Crippen LogP contribution in [0.5, 0.6) is 5.75 Å². The monoisotopic (exact) mass is 309 g/mol. The van der Waals surface area contributed by atoms with E-state index in [1.807, 2.05) is 36.4 Å². The second kappa shape index (κ2) is 7.23. The number of esters is 1. The van der Waals surface area contributed by atoms with Gasteiger partial charge in [-0.2, -0.15) is 5.26 Å². The fraction of sp³-hybridized carbons (Fsp3) is 0.167. The molecular formula is C18H15NO4. The first-order valence-corrected chi connectivity index (χ1v) is 6.91. The molecule has 2 aromatic carbocycles. The highest BCUT2D eigenvalue weighted by Crippen LogP contribution is 2.25. The lowest BCUT2D eigenvalue weighted by molar-refractivity contribution is 0.0596. The lowest BCUT2D eigenvalue weighted by atomic mass is 10.0. The molecule has 0 N–H and O–H groups in total. The van der Waals surface area contributed by atoms with Crippen LogP contribution in [0.2, 0.25) is 0 Å². The van der Waals surface area contributed by atoms with Crippen LogP contribution < -0.4 is 4.74 Å². The third kappa shape index (κ3) is 3.74. The van der Waals surface area contributed by atoms with Crippen molar-refractivity contribution in [3.8, 4) is 11.8 Å². The molecule has 0 bridgehead atoms. The fourth-order valence-electron chi connectivity index (χ4n) is 2.09. The number of nitriles is 1. The van der Waals surface area contributed by atoms with E-state index in [1.165, 1.54) is 26.2 Å². The molecule has 23 heavy (non-hydrogen) atoms. The molecule has 0 amide bonds. The Labute approximate surface area is 134 Å². The van der Waals surface area contributed by atoms with Gasteiger partial charge in [-0.25, -0.2) is 4.79 Å². The molecule has 0 atom stereocenters. The molecule has 2 aromatic rings. The summed E-state index contributed by atoms with van der Waals surface area (Å²) in [6, 6.07) is 14.1. The predicted molar refractivity (Wildman–Crippen MR) is 83.3 cm³/mol. The molecule has 0 heterocycles. The molecule has 0 aliphatic heterocycles. The van der Waals surface area contributed by atoms with Crippen molar-refractivity contribution in [2.24, 2.45) is 0 Å². The smallest absolute Gasteiger partial charge is 0.338 e. The minimum absolute atomic E-state index is 0.0852.